The first-order valence-electron chi connectivity index (χ1n) is 7.35. The van der Waals surface area contributed by atoms with Crippen molar-refractivity contribution in [2.75, 3.05) is 45.8 Å². The SMILES string of the molecule is CCN(CC)CCNCCN1CCn2cnnc2C1. The molecule has 0 saturated heterocycles. The van der Waals surface area contributed by atoms with Crippen LogP contribution in [-0.4, -0.2) is 70.4 Å². The number of likely N-dealkylation sites (N-methyl/N-ethyl adjacent to an activating group) is 1. The fourth-order valence-corrected chi connectivity index (χ4v) is 2.45. The van der Waals surface area contributed by atoms with Crippen LogP contribution < -0.4 is 5.32 Å². The standard InChI is InChI=1S/C13H26N6/c1-3-17(4-2)7-5-14-6-8-18-9-10-19-12-15-16-13(19)11-18/h12,14H,3-11H2,1-2H3. The van der Waals surface area contributed by atoms with Crippen molar-refractivity contribution < 1.29 is 0 Å². The summed E-state index contributed by atoms with van der Waals surface area (Å²) < 4.78 is 2.14. The molecule has 2 heterocycles. The predicted molar refractivity (Wildman–Crippen MR) is 76.0 cm³/mol. The minimum atomic E-state index is 0.928. The topological polar surface area (TPSA) is 49.2 Å². The summed E-state index contributed by atoms with van der Waals surface area (Å²) in [7, 11) is 0. The van der Waals surface area contributed by atoms with Crippen molar-refractivity contribution in [3.8, 4) is 0 Å². The lowest BCUT2D eigenvalue weighted by atomic mass is 10.3. The molecule has 0 amide bonds. The Kier molecular flexibility index (Phi) is 5.75. The maximum atomic E-state index is 4.14. The van der Waals surface area contributed by atoms with Crippen molar-refractivity contribution in [1.29, 1.82) is 0 Å². The van der Waals surface area contributed by atoms with Crippen LogP contribution in [0.25, 0.3) is 0 Å². The van der Waals surface area contributed by atoms with Crippen molar-refractivity contribution >= 4 is 0 Å². The Morgan fingerprint density at radius 1 is 1.26 bits per heavy atom. The highest BCUT2D eigenvalue weighted by Gasteiger charge is 2.16. The number of rotatable bonds is 8. The number of fused-ring (bicyclic) bond motifs is 1. The van der Waals surface area contributed by atoms with Gasteiger partial charge in [0.25, 0.3) is 0 Å². The van der Waals surface area contributed by atoms with Gasteiger partial charge in [-0.25, -0.2) is 0 Å². The van der Waals surface area contributed by atoms with Crippen LogP contribution in [0.3, 0.4) is 0 Å². The number of nitrogens with zero attached hydrogens (tertiary/aromatic N) is 5. The van der Waals surface area contributed by atoms with E-state index in [-0.39, 0.29) is 0 Å². The molecule has 0 unspecified atom stereocenters. The molecule has 6 heteroatoms. The Balaban J connectivity index is 1.57. The van der Waals surface area contributed by atoms with Crippen LogP contribution >= 0.6 is 0 Å². The molecule has 1 aliphatic heterocycles. The van der Waals surface area contributed by atoms with E-state index in [1.54, 1.807) is 0 Å². The maximum Gasteiger partial charge on any atom is 0.147 e. The minimum absolute atomic E-state index is 0.928. The lowest BCUT2D eigenvalue weighted by Crippen LogP contribution is -2.39. The number of hydrogen-bond donors (Lipinski definition) is 1. The van der Waals surface area contributed by atoms with E-state index in [4.69, 9.17) is 0 Å². The fraction of sp³-hybridized carbons (Fsp3) is 0.846. The first-order valence-corrected chi connectivity index (χ1v) is 7.35. The van der Waals surface area contributed by atoms with Gasteiger partial charge in [-0.3, -0.25) is 4.90 Å². The van der Waals surface area contributed by atoms with E-state index in [0.717, 1.165) is 64.7 Å². The molecule has 1 N–H and O–H groups in total. The van der Waals surface area contributed by atoms with Gasteiger partial charge in [-0.1, -0.05) is 13.8 Å². The van der Waals surface area contributed by atoms with Gasteiger partial charge in [0, 0.05) is 39.3 Å². The van der Waals surface area contributed by atoms with Crippen LogP contribution in [0.1, 0.15) is 19.7 Å². The van der Waals surface area contributed by atoms with Crippen molar-refractivity contribution in [2.45, 2.75) is 26.9 Å². The summed E-state index contributed by atoms with van der Waals surface area (Å²) in [5.74, 6) is 1.09. The minimum Gasteiger partial charge on any atom is -0.315 e. The van der Waals surface area contributed by atoms with Crippen molar-refractivity contribution in [3.63, 3.8) is 0 Å². The van der Waals surface area contributed by atoms with Gasteiger partial charge in [0.1, 0.15) is 12.2 Å². The summed E-state index contributed by atoms with van der Waals surface area (Å²) in [5.41, 5.74) is 0. The average molecular weight is 266 g/mol. The van der Waals surface area contributed by atoms with E-state index >= 15 is 0 Å². The number of hydrogen-bond acceptors (Lipinski definition) is 5. The Bertz CT molecular complexity index is 360. The van der Waals surface area contributed by atoms with Crippen molar-refractivity contribution in [1.82, 2.24) is 29.9 Å². The average Bonchev–Trinajstić information content (AvgIpc) is 2.90. The zero-order chi connectivity index (χ0) is 13.5. The van der Waals surface area contributed by atoms with E-state index in [0.29, 0.717) is 0 Å². The molecule has 0 fully saturated rings. The molecule has 0 bridgehead atoms. The molecular formula is C13H26N6. The molecule has 0 saturated carbocycles. The van der Waals surface area contributed by atoms with E-state index < -0.39 is 0 Å². The first-order chi connectivity index (χ1) is 9.33. The third-order valence-corrected chi connectivity index (χ3v) is 3.82. The van der Waals surface area contributed by atoms with Gasteiger partial charge in [0.15, 0.2) is 0 Å². The van der Waals surface area contributed by atoms with E-state index in [2.05, 4.69) is 43.7 Å². The van der Waals surface area contributed by atoms with Crippen LogP contribution in [0.2, 0.25) is 0 Å². The predicted octanol–water partition coefficient (Wildman–Crippen LogP) is 0.0251. The molecular weight excluding hydrogens is 240 g/mol. The molecule has 0 aromatic carbocycles. The molecule has 1 aliphatic rings. The molecule has 19 heavy (non-hydrogen) atoms. The molecule has 2 rings (SSSR count). The van der Waals surface area contributed by atoms with E-state index in [1.807, 2.05) is 6.33 Å². The molecule has 0 aliphatic carbocycles. The second-order valence-corrected chi connectivity index (χ2v) is 4.99. The Morgan fingerprint density at radius 3 is 2.89 bits per heavy atom. The van der Waals surface area contributed by atoms with Crippen molar-refractivity contribution in [3.05, 3.63) is 12.2 Å². The lowest BCUT2D eigenvalue weighted by Gasteiger charge is -2.27. The van der Waals surface area contributed by atoms with E-state index in [1.165, 1.54) is 0 Å². The van der Waals surface area contributed by atoms with Gasteiger partial charge in [0.2, 0.25) is 0 Å². The van der Waals surface area contributed by atoms with Crippen LogP contribution in [0.5, 0.6) is 0 Å². The van der Waals surface area contributed by atoms with Crippen LogP contribution in [-0.2, 0) is 13.1 Å². The van der Waals surface area contributed by atoms with E-state index in [9.17, 15) is 0 Å². The molecule has 0 radical (unpaired) electrons. The zero-order valence-electron chi connectivity index (χ0n) is 12.2. The largest absolute Gasteiger partial charge is 0.315 e. The molecule has 1 aromatic rings. The fourth-order valence-electron chi connectivity index (χ4n) is 2.45. The number of nitrogens with one attached hydrogen (secondary N) is 1. The lowest BCUT2D eigenvalue weighted by molar-refractivity contribution is 0.215. The maximum absolute atomic E-state index is 4.14. The summed E-state index contributed by atoms with van der Waals surface area (Å²) in [6.45, 7) is 14.1. The summed E-state index contributed by atoms with van der Waals surface area (Å²) >= 11 is 0. The van der Waals surface area contributed by atoms with Crippen LogP contribution in [0.4, 0.5) is 0 Å². The molecule has 0 spiro atoms. The third-order valence-electron chi connectivity index (χ3n) is 3.82. The Hall–Kier alpha value is -0.980. The Morgan fingerprint density at radius 2 is 2.11 bits per heavy atom. The van der Waals surface area contributed by atoms with Gasteiger partial charge >= 0.3 is 0 Å². The monoisotopic (exact) mass is 266 g/mol. The number of aromatic nitrogens is 3. The summed E-state index contributed by atoms with van der Waals surface area (Å²) in [6, 6.07) is 0. The highest BCUT2D eigenvalue weighted by Crippen LogP contribution is 2.07. The Labute approximate surface area is 115 Å². The van der Waals surface area contributed by atoms with Gasteiger partial charge in [0.05, 0.1) is 6.54 Å². The van der Waals surface area contributed by atoms with Crippen molar-refractivity contribution in [2.24, 2.45) is 0 Å². The first kappa shape index (κ1) is 14.4. The highest BCUT2D eigenvalue weighted by molar-refractivity contribution is 4.89. The van der Waals surface area contributed by atoms with Crippen LogP contribution in [0, 0.1) is 0 Å². The zero-order valence-corrected chi connectivity index (χ0v) is 12.2. The van der Waals surface area contributed by atoms with Gasteiger partial charge in [-0.15, -0.1) is 10.2 Å². The second-order valence-electron chi connectivity index (χ2n) is 4.99. The highest BCUT2D eigenvalue weighted by atomic mass is 15.3. The van der Waals surface area contributed by atoms with Gasteiger partial charge in [-0.2, -0.15) is 0 Å². The molecule has 6 nitrogen and oxygen atoms in total. The quantitative estimate of drug-likeness (QED) is 0.673. The molecule has 0 atom stereocenters. The molecule has 108 valence electrons. The summed E-state index contributed by atoms with van der Waals surface area (Å²) in [6.07, 6.45) is 1.83. The normalized spacial score (nSPS) is 15.9. The van der Waals surface area contributed by atoms with Crippen LogP contribution in [0.15, 0.2) is 6.33 Å². The van der Waals surface area contributed by atoms with Gasteiger partial charge in [-0.05, 0) is 13.1 Å². The third kappa shape index (κ3) is 4.26. The molecule has 1 aromatic heterocycles. The summed E-state index contributed by atoms with van der Waals surface area (Å²) in [4.78, 5) is 4.88. The smallest absolute Gasteiger partial charge is 0.147 e. The van der Waals surface area contributed by atoms with Gasteiger partial charge < -0.3 is 14.8 Å². The summed E-state index contributed by atoms with van der Waals surface area (Å²) in [5, 5.41) is 11.6. The second kappa shape index (κ2) is 7.57.